The van der Waals surface area contributed by atoms with E-state index < -0.39 is 5.54 Å². The fourth-order valence-corrected chi connectivity index (χ4v) is 1.56. The van der Waals surface area contributed by atoms with Crippen LogP contribution < -0.4 is 11.1 Å². The molecular formula is C10H20N2OS. The Kier molecular flexibility index (Phi) is 5.05. The number of nitrogens with two attached hydrogens (primary N) is 1. The van der Waals surface area contributed by atoms with Crippen molar-refractivity contribution in [3.63, 3.8) is 0 Å². The van der Waals surface area contributed by atoms with Crippen LogP contribution in [-0.4, -0.2) is 16.4 Å². The lowest BCUT2D eigenvalue weighted by molar-refractivity contribution is -0.125. The molecule has 0 unspecified atom stereocenters. The van der Waals surface area contributed by atoms with Gasteiger partial charge in [0.1, 0.15) is 0 Å². The van der Waals surface area contributed by atoms with Crippen molar-refractivity contribution in [1.29, 1.82) is 0 Å². The van der Waals surface area contributed by atoms with E-state index in [1.165, 1.54) is 0 Å². The fraction of sp³-hybridized carbons (Fsp3) is 0.800. The first-order chi connectivity index (χ1) is 6.39. The van der Waals surface area contributed by atoms with E-state index >= 15 is 0 Å². The van der Waals surface area contributed by atoms with E-state index in [2.05, 4.69) is 5.32 Å². The monoisotopic (exact) mass is 216 g/mol. The second-order valence-corrected chi connectivity index (χ2v) is 4.24. The molecule has 0 aliphatic rings. The second kappa shape index (κ2) is 5.29. The summed E-state index contributed by atoms with van der Waals surface area (Å²) in [5, 5.41) is 2.92. The third-order valence-electron chi connectivity index (χ3n) is 2.57. The molecule has 0 radical (unpaired) electrons. The lowest BCUT2D eigenvalue weighted by atomic mass is 9.92. The SMILES string of the molecule is CCC(CC)(NC(=O)C(C)C)C(N)=S. The number of carbonyl (C=O) groups excluding carboxylic acids is 1. The van der Waals surface area contributed by atoms with Crippen LogP contribution in [0.4, 0.5) is 0 Å². The quantitative estimate of drug-likeness (QED) is 0.686. The number of hydrogen-bond donors (Lipinski definition) is 2. The molecule has 0 spiro atoms. The van der Waals surface area contributed by atoms with Gasteiger partial charge in [0.15, 0.2) is 0 Å². The van der Waals surface area contributed by atoms with Gasteiger partial charge in [-0.3, -0.25) is 4.79 Å². The first kappa shape index (κ1) is 13.4. The van der Waals surface area contributed by atoms with E-state index in [4.69, 9.17) is 18.0 Å². The van der Waals surface area contributed by atoms with Crippen LogP contribution in [0.25, 0.3) is 0 Å². The maximum Gasteiger partial charge on any atom is 0.223 e. The Morgan fingerprint density at radius 1 is 1.43 bits per heavy atom. The molecule has 14 heavy (non-hydrogen) atoms. The highest BCUT2D eigenvalue weighted by Crippen LogP contribution is 2.16. The highest BCUT2D eigenvalue weighted by Gasteiger charge is 2.31. The first-order valence-corrected chi connectivity index (χ1v) is 5.42. The zero-order valence-corrected chi connectivity index (χ0v) is 10.2. The minimum absolute atomic E-state index is 0.00139. The number of amides is 1. The maximum atomic E-state index is 11.6. The van der Waals surface area contributed by atoms with E-state index in [1.54, 1.807) is 0 Å². The smallest absolute Gasteiger partial charge is 0.223 e. The molecule has 82 valence electrons. The Morgan fingerprint density at radius 2 is 1.86 bits per heavy atom. The van der Waals surface area contributed by atoms with Crippen molar-refractivity contribution < 1.29 is 4.79 Å². The van der Waals surface area contributed by atoms with Gasteiger partial charge in [-0.25, -0.2) is 0 Å². The van der Waals surface area contributed by atoms with Gasteiger partial charge in [-0.2, -0.15) is 0 Å². The molecule has 0 aromatic heterocycles. The van der Waals surface area contributed by atoms with E-state index in [0.29, 0.717) is 4.99 Å². The Labute approximate surface area is 91.4 Å². The van der Waals surface area contributed by atoms with Crippen molar-refractivity contribution in [3.05, 3.63) is 0 Å². The van der Waals surface area contributed by atoms with Crippen molar-refractivity contribution in [2.75, 3.05) is 0 Å². The summed E-state index contributed by atoms with van der Waals surface area (Å²) >= 11 is 5.00. The topological polar surface area (TPSA) is 55.1 Å². The molecule has 4 heteroatoms. The zero-order valence-electron chi connectivity index (χ0n) is 9.39. The van der Waals surface area contributed by atoms with Crippen molar-refractivity contribution in [3.8, 4) is 0 Å². The first-order valence-electron chi connectivity index (χ1n) is 5.01. The van der Waals surface area contributed by atoms with Gasteiger partial charge in [-0.05, 0) is 12.8 Å². The molecule has 0 bridgehead atoms. The predicted molar refractivity (Wildman–Crippen MR) is 63.1 cm³/mol. The van der Waals surface area contributed by atoms with E-state index in [1.807, 2.05) is 27.7 Å². The maximum absolute atomic E-state index is 11.6. The van der Waals surface area contributed by atoms with Gasteiger partial charge < -0.3 is 11.1 Å². The van der Waals surface area contributed by atoms with Crippen LogP contribution in [0.2, 0.25) is 0 Å². The molecule has 0 aromatic carbocycles. The number of carbonyl (C=O) groups is 1. The van der Waals surface area contributed by atoms with Crippen molar-refractivity contribution in [2.45, 2.75) is 46.1 Å². The van der Waals surface area contributed by atoms with Crippen molar-refractivity contribution >= 4 is 23.1 Å². The van der Waals surface area contributed by atoms with Crippen molar-refractivity contribution in [1.82, 2.24) is 5.32 Å². The molecule has 0 heterocycles. The molecule has 0 aliphatic heterocycles. The van der Waals surface area contributed by atoms with Gasteiger partial charge in [0.2, 0.25) is 5.91 Å². The van der Waals surface area contributed by atoms with E-state index in [0.717, 1.165) is 12.8 Å². The summed E-state index contributed by atoms with van der Waals surface area (Å²) in [6.45, 7) is 7.66. The van der Waals surface area contributed by atoms with Gasteiger partial charge >= 0.3 is 0 Å². The standard InChI is InChI=1S/C10H20N2OS/c1-5-10(6-2,9(11)14)12-8(13)7(3)4/h7H,5-6H2,1-4H3,(H2,11,14)(H,12,13). The lowest BCUT2D eigenvalue weighted by Gasteiger charge is -2.32. The summed E-state index contributed by atoms with van der Waals surface area (Å²) in [6, 6.07) is 0. The van der Waals surface area contributed by atoms with Crippen LogP contribution in [0.15, 0.2) is 0 Å². The minimum Gasteiger partial charge on any atom is -0.391 e. The molecule has 0 rings (SSSR count). The molecule has 0 atom stereocenters. The summed E-state index contributed by atoms with van der Waals surface area (Å²) in [5.74, 6) is -0.0386. The van der Waals surface area contributed by atoms with E-state index in [-0.39, 0.29) is 11.8 Å². The Balaban J connectivity index is 4.68. The van der Waals surface area contributed by atoms with Gasteiger partial charge in [-0.15, -0.1) is 0 Å². The number of thiocarbonyl (C=S) groups is 1. The highest BCUT2D eigenvalue weighted by molar-refractivity contribution is 7.80. The second-order valence-electron chi connectivity index (χ2n) is 3.80. The molecule has 0 aliphatic carbocycles. The van der Waals surface area contributed by atoms with Crippen molar-refractivity contribution in [2.24, 2.45) is 11.7 Å². The largest absolute Gasteiger partial charge is 0.391 e. The molecule has 0 aromatic rings. The predicted octanol–water partition coefficient (Wildman–Crippen LogP) is 1.60. The Morgan fingerprint density at radius 3 is 2.07 bits per heavy atom. The molecule has 0 saturated heterocycles. The lowest BCUT2D eigenvalue weighted by Crippen LogP contribution is -2.56. The number of rotatable bonds is 5. The van der Waals surface area contributed by atoms with Crippen LogP contribution in [0.3, 0.4) is 0 Å². The fourth-order valence-electron chi connectivity index (χ4n) is 1.22. The van der Waals surface area contributed by atoms with E-state index in [9.17, 15) is 4.79 Å². The van der Waals surface area contributed by atoms with Gasteiger partial charge in [0, 0.05) is 5.92 Å². The number of hydrogen-bond acceptors (Lipinski definition) is 2. The summed E-state index contributed by atoms with van der Waals surface area (Å²) in [7, 11) is 0. The molecule has 3 N–H and O–H groups in total. The summed E-state index contributed by atoms with van der Waals surface area (Å²) in [6.07, 6.45) is 1.47. The van der Waals surface area contributed by atoms with Crippen LogP contribution in [0.5, 0.6) is 0 Å². The van der Waals surface area contributed by atoms with Gasteiger partial charge in [0.05, 0.1) is 10.5 Å². The number of nitrogens with one attached hydrogen (secondary N) is 1. The van der Waals surface area contributed by atoms with Crippen LogP contribution in [0.1, 0.15) is 40.5 Å². The summed E-state index contributed by atoms with van der Waals surface area (Å²) in [5.41, 5.74) is 5.15. The molecule has 0 saturated carbocycles. The Hall–Kier alpha value is -0.640. The normalized spacial score (nSPS) is 11.5. The Bertz CT molecular complexity index is 222. The molecular weight excluding hydrogens is 196 g/mol. The minimum atomic E-state index is -0.503. The molecule has 1 amide bonds. The highest BCUT2D eigenvalue weighted by atomic mass is 32.1. The summed E-state index contributed by atoms with van der Waals surface area (Å²) < 4.78 is 0. The van der Waals surface area contributed by atoms with Crippen LogP contribution >= 0.6 is 12.2 Å². The average Bonchev–Trinajstić information content (AvgIpc) is 2.13. The molecule has 3 nitrogen and oxygen atoms in total. The van der Waals surface area contributed by atoms with Gasteiger partial charge in [-0.1, -0.05) is 39.9 Å². The molecule has 0 fully saturated rings. The average molecular weight is 216 g/mol. The zero-order chi connectivity index (χ0) is 11.4. The summed E-state index contributed by atoms with van der Waals surface area (Å²) in [4.78, 5) is 11.9. The third-order valence-corrected chi connectivity index (χ3v) is 2.96. The third kappa shape index (κ3) is 2.94. The van der Waals surface area contributed by atoms with Gasteiger partial charge in [0.25, 0.3) is 0 Å². The van der Waals surface area contributed by atoms with Crippen LogP contribution in [-0.2, 0) is 4.79 Å². The van der Waals surface area contributed by atoms with Crippen LogP contribution in [0, 0.1) is 5.92 Å².